The highest BCUT2D eigenvalue weighted by atomic mass is 16.5. The molecule has 4 rings (SSSR count). The molecule has 0 spiro atoms. The lowest BCUT2D eigenvalue weighted by Crippen LogP contribution is -2.15. The summed E-state index contributed by atoms with van der Waals surface area (Å²) < 4.78 is 5.35. The molecule has 2 aromatic heterocycles. The van der Waals surface area contributed by atoms with Gasteiger partial charge in [0.25, 0.3) is 0 Å². The Morgan fingerprint density at radius 2 is 2.08 bits per heavy atom. The molecular weight excluding hydrogens is 328 g/mol. The van der Waals surface area contributed by atoms with Gasteiger partial charge in [-0.3, -0.25) is 4.98 Å². The van der Waals surface area contributed by atoms with E-state index in [0.29, 0.717) is 28.8 Å². The van der Waals surface area contributed by atoms with Crippen LogP contribution in [0.3, 0.4) is 0 Å². The summed E-state index contributed by atoms with van der Waals surface area (Å²) in [4.78, 5) is 17.5. The van der Waals surface area contributed by atoms with Crippen molar-refractivity contribution in [1.82, 2.24) is 15.0 Å². The number of nitrogens with zero attached hydrogens (tertiary/aromatic N) is 4. The second-order valence-corrected chi connectivity index (χ2v) is 6.48. The van der Waals surface area contributed by atoms with Gasteiger partial charge < -0.3 is 16.2 Å². The van der Waals surface area contributed by atoms with Gasteiger partial charge in [-0.15, -0.1) is 0 Å². The van der Waals surface area contributed by atoms with Crippen LogP contribution in [0.25, 0.3) is 10.9 Å². The highest BCUT2D eigenvalue weighted by molar-refractivity contribution is 5.97. The molecule has 1 aliphatic rings. The Morgan fingerprint density at radius 1 is 1.23 bits per heavy atom. The minimum Gasteiger partial charge on any atom is -0.494 e. The van der Waals surface area contributed by atoms with Gasteiger partial charge in [-0.25, -0.2) is 9.98 Å². The maximum absolute atomic E-state index is 6.28. The Kier molecular flexibility index (Phi) is 3.91. The third-order valence-corrected chi connectivity index (χ3v) is 4.67. The molecule has 2 heterocycles. The molecule has 0 amide bonds. The predicted octanol–water partition coefficient (Wildman–Crippen LogP) is 2.72. The van der Waals surface area contributed by atoms with Gasteiger partial charge in [0.05, 0.1) is 7.11 Å². The third kappa shape index (κ3) is 2.92. The van der Waals surface area contributed by atoms with Crippen LogP contribution in [0.4, 0.5) is 11.8 Å². The second kappa shape index (κ2) is 6.25. The number of hydrogen-bond acceptors (Lipinski definition) is 6. The number of fused-ring (bicyclic) bond motifs is 1. The van der Waals surface area contributed by atoms with Gasteiger partial charge in [-0.1, -0.05) is 12.1 Å². The predicted molar refractivity (Wildman–Crippen MR) is 102 cm³/mol. The minimum atomic E-state index is 0.142. The number of nitrogens with two attached hydrogens (primary N) is 2. The summed E-state index contributed by atoms with van der Waals surface area (Å²) in [7, 11) is 1.59. The van der Waals surface area contributed by atoms with E-state index in [1.54, 1.807) is 7.11 Å². The molecule has 0 aliphatic heterocycles. The molecule has 1 saturated carbocycles. The van der Waals surface area contributed by atoms with Gasteiger partial charge in [0.15, 0.2) is 5.82 Å². The van der Waals surface area contributed by atoms with Crippen molar-refractivity contribution in [2.24, 2.45) is 16.6 Å². The molecule has 7 heteroatoms. The van der Waals surface area contributed by atoms with Crippen molar-refractivity contribution in [1.29, 1.82) is 0 Å². The van der Waals surface area contributed by atoms with Crippen LogP contribution in [0.2, 0.25) is 0 Å². The SMILES string of the molecule is COc1cccc2c(N=C(N)C3CC3c3ccc(C)nc3)nc(N)nc12. The normalized spacial score (nSPS) is 19.5. The number of aryl methyl sites for hydroxylation is 1. The van der Waals surface area contributed by atoms with E-state index in [2.05, 4.69) is 26.0 Å². The van der Waals surface area contributed by atoms with E-state index in [1.165, 1.54) is 5.56 Å². The third-order valence-electron chi connectivity index (χ3n) is 4.67. The molecule has 26 heavy (non-hydrogen) atoms. The van der Waals surface area contributed by atoms with Gasteiger partial charge in [0, 0.05) is 23.2 Å². The maximum Gasteiger partial charge on any atom is 0.222 e. The lowest BCUT2D eigenvalue weighted by Gasteiger charge is -2.08. The van der Waals surface area contributed by atoms with Gasteiger partial charge in [-0.2, -0.15) is 4.98 Å². The van der Waals surface area contributed by atoms with Crippen LogP contribution in [-0.2, 0) is 0 Å². The molecule has 2 unspecified atom stereocenters. The number of anilines is 1. The average Bonchev–Trinajstić information content (AvgIpc) is 3.42. The number of ether oxygens (including phenoxy) is 1. The Morgan fingerprint density at radius 3 is 2.81 bits per heavy atom. The number of methoxy groups -OCH3 is 1. The number of amidine groups is 1. The monoisotopic (exact) mass is 348 g/mol. The number of nitrogen functional groups attached to an aromatic ring is 1. The van der Waals surface area contributed by atoms with Crippen LogP contribution < -0.4 is 16.2 Å². The van der Waals surface area contributed by atoms with Crippen molar-refractivity contribution >= 4 is 28.5 Å². The molecule has 1 aromatic carbocycles. The zero-order valence-corrected chi connectivity index (χ0v) is 14.7. The van der Waals surface area contributed by atoms with Crippen LogP contribution in [-0.4, -0.2) is 27.9 Å². The molecule has 7 nitrogen and oxygen atoms in total. The number of hydrogen-bond donors (Lipinski definition) is 2. The van der Waals surface area contributed by atoms with Crippen molar-refractivity contribution in [3.63, 3.8) is 0 Å². The van der Waals surface area contributed by atoms with Crippen LogP contribution in [0.1, 0.15) is 23.6 Å². The summed E-state index contributed by atoms with van der Waals surface area (Å²) in [5, 5.41) is 0.760. The number of rotatable bonds is 4. The zero-order chi connectivity index (χ0) is 18.3. The quantitative estimate of drug-likeness (QED) is 0.554. The minimum absolute atomic E-state index is 0.142. The molecule has 132 valence electrons. The molecular formula is C19H20N6O. The number of aromatic nitrogens is 3. The van der Waals surface area contributed by atoms with Crippen LogP contribution in [0.5, 0.6) is 5.75 Å². The number of benzene rings is 1. The van der Waals surface area contributed by atoms with Crippen molar-refractivity contribution in [3.05, 3.63) is 47.8 Å². The van der Waals surface area contributed by atoms with E-state index in [0.717, 1.165) is 17.5 Å². The summed E-state index contributed by atoms with van der Waals surface area (Å²) in [5.41, 5.74) is 14.9. The van der Waals surface area contributed by atoms with Crippen molar-refractivity contribution in [2.75, 3.05) is 12.8 Å². The first-order valence-electron chi connectivity index (χ1n) is 8.43. The standard InChI is InChI=1S/C19H20N6O/c1-10-6-7-11(9-22-10)13-8-14(13)17(20)24-18-12-4-3-5-15(26-2)16(12)23-19(21)25-18/h3-7,9,13-14H,8H2,1-2H3,(H4,20,21,23,24,25). The molecule has 0 radical (unpaired) electrons. The first-order chi connectivity index (χ1) is 12.6. The van der Waals surface area contributed by atoms with E-state index in [1.807, 2.05) is 37.4 Å². The van der Waals surface area contributed by atoms with Crippen molar-refractivity contribution < 1.29 is 4.74 Å². The fourth-order valence-electron chi connectivity index (χ4n) is 3.17. The lowest BCUT2D eigenvalue weighted by molar-refractivity contribution is 0.419. The summed E-state index contributed by atoms with van der Waals surface area (Å²) in [5.74, 6) is 2.34. The molecule has 3 aromatic rings. The maximum atomic E-state index is 6.28. The van der Waals surface area contributed by atoms with Gasteiger partial charge in [-0.05, 0) is 43.0 Å². The van der Waals surface area contributed by atoms with E-state index in [4.69, 9.17) is 16.2 Å². The average molecular weight is 348 g/mol. The van der Waals surface area contributed by atoms with E-state index in [-0.39, 0.29) is 11.9 Å². The summed E-state index contributed by atoms with van der Waals surface area (Å²) in [6, 6.07) is 9.70. The molecule has 1 aliphatic carbocycles. The largest absolute Gasteiger partial charge is 0.494 e. The Labute approximate surface area is 151 Å². The first kappa shape index (κ1) is 16.3. The van der Waals surface area contributed by atoms with Gasteiger partial charge in [0.1, 0.15) is 17.1 Å². The summed E-state index contributed by atoms with van der Waals surface area (Å²) in [6.07, 6.45) is 2.87. The number of para-hydroxylation sites is 1. The van der Waals surface area contributed by atoms with Crippen LogP contribution in [0, 0.1) is 12.8 Å². The van der Waals surface area contributed by atoms with Crippen molar-refractivity contribution in [3.8, 4) is 5.75 Å². The molecule has 1 fully saturated rings. The fraction of sp³-hybridized carbons (Fsp3) is 0.263. The summed E-state index contributed by atoms with van der Waals surface area (Å²) >= 11 is 0. The Hall–Kier alpha value is -3.22. The number of aliphatic imine (C=N–C) groups is 1. The Bertz CT molecular complexity index is 999. The van der Waals surface area contributed by atoms with Crippen molar-refractivity contribution in [2.45, 2.75) is 19.3 Å². The highest BCUT2D eigenvalue weighted by Crippen LogP contribution is 2.47. The van der Waals surface area contributed by atoms with Gasteiger partial charge in [0.2, 0.25) is 5.95 Å². The van der Waals surface area contributed by atoms with Gasteiger partial charge >= 0.3 is 0 Å². The highest BCUT2D eigenvalue weighted by Gasteiger charge is 2.41. The van der Waals surface area contributed by atoms with Crippen LogP contribution >= 0.6 is 0 Å². The van der Waals surface area contributed by atoms with Crippen LogP contribution in [0.15, 0.2) is 41.5 Å². The molecule has 0 saturated heterocycles. The number of pyridine rings is 1. The topological polar surface area (TPSA) is 112 Å². The Balaban J connectivity index is 1.67. The summed E-state index contributed by atoms with van der Waals surface area (Å²) in [6.45, 7) is 1.98. The molecule has 0 bridgehead atoms. The molecule has 4 N–H and O–H groups in total. The van der Waals surface area contributed by atoms with E-state index < -0.39 is 0 Å². The van der Waals surface area contributed by atoms with E-state index >= 15 is 0 Å². The zero-order valence-electron chi connectivity index (χ0n) is 14.7. The smallest absolute Gasteiger partial charge is 0.222 e. The second-order valence-electron chi connectivity index (χ2n) is 6.48. The lowest BCUT2D eigenvalue weighted by atomic mass is 10.1. The fourth-order valence-corrected chi connectivity index (χ4v) is 3.17. The molecule has 2 atom stereocenters. The first-order valence-corrected chi connectivity index (χ1v) is 8.43. The van der Waals surface area contributed by atoms with E-state index in [9.17, 15) is 0 Å².